The molecule has 4 amide bonds. The average Bonchev–Trinajstić information content (AvgIpc) is 2.92. The zero-order chi connectivity index (χ0) is 21.2. The summed E-state index contributed by atoms with van der Waals surface area (Å²) >= 11 is 0. The molecule has 2 fully saturated rings. The number of hydrogen-bond donors (Lipinski definition) is 1. The van der Waals surface area contributed by atoms with Crippen LogP contribution in [0.25, 0.3) is 0 Å². The lowest BCUT2D eigenvalue weighted by Gasteiger charge is -2.33. The Morgan fingerprint density at radius 3 is 2.52 bits per heavy atom. The fourth-order valence-electron chi connectivity index (χ4n) is 3.43. The minimum Gasteiger partial charge on any atom is -0.340 e. The van der Waals surface area contributed by atoms with Crippen LogP contribution < -0.4 is 5.32 Å². The predicted molar refractivity (Wildman–Crippen MR) is 102 cm³/mol. The van der Waals surface area contributed by atoms with Crippen LogP contribution in [0.15, 0.2) is 24.3 Å². The van der Waals surface area contributed by atoms with Crippen LogP contribution in [0.4, 0.5) is 9.18 Å². The maximum atomic E-state index is 13.3. The number of nitrogens with zero attached hydrogens (tertiary/aromatic N) is 3. The quantitative estimate of drug-likeness (QED) is 0.633. The Hall–Kier alpha value is -2.53. The van der Waals surface area contributed by atoms with Crippen molar-refractivity contribution < 1.29 is 27.2 Å². The van der Waals surface area contributed by atoms with Crippen LogP contribution >= 0.6 is 0 Å². The van der Waals surface area contributed by atoms with Crippen molar-refractivity contribution >= 4 is 27.9 Å². The molecule has 1 aromatic rings. The van der Waals surface area contributed by atoms with Gasteiger partial charge in [0.25, 0.3) is 5.91 Å². The molecule has 0 radical (unpaired) electrons. The van der Waals surface area contributed by atoms with Gasteiger partial charge in [-0.2, -0.15) is 4.31 Å². The Balaban J connectivity index is 1.52. The summed E-state index contributed by atoms with van der Waals surface area (Å²) in [6, 6.07) is 4.39. The van der Waals surface area contributed by atoms with Crippen molar-refractivity contribution in [3.05, 3.63) is 35.6 Å². The van der Waals surface area contributed by atoms with Crippen molar-refractivity contribution in [2.45, 2.75) is 18.9 Å². The van der Waals surface area contributed by atoms with E-state index in [2.05, 4.69) is 5.32 Å². The molecule has 0 bridgehead atoms. The fraction of sp³-hybridized carbons (Fsp3) is 0.500. The molecule has 9 nitrogen and oxygen atoms in total. The monoisotopic (exact) mass is 426 g/mol. The molecular formula is C18H23FN4O5S. The molecule has 1 unspecified atom stereocenters. The van der Waals surface area contributed by atoms with Gasteiger partial charge in [-0.15, -0.1) is 0 Å². The Morgan fingerprint density at radius 2 is 1.90 bits per heavy atom. The molecule has 29 heavy (non-hydrogen) atoms. The van der Waals surface area contributed by atoms with Gasteiger partial charge in [0, 0.05) is 32.7 Å². The Bertz CT molecular complexity index is 915. The average molecular weight is 426 g/mol. The second kappa shape index (κ2) is 8.46. The third-order valence-corrected chi connectivity index (χ3v) is 6.36. The van der Waals surface area contributed by atoms with Gasteiger partial charge in [0.1, 0.15) is 11.9 Å². The zero-order valence-corrected chi connectivity index (χ0v) is 16.8. The van der Waals surface area contributed by atoms with Crippen LogP contribution in [0.1, 0.15) is 12.0 Å². The van der Waals surface area contributed by atoms with Crippen molar-refractivity contribution in [2.24, 2.45) is 0 Å². The van der Waals surface area contributed by atoms with Gasteiger partial charge in [0.2, 0.25) is 15.9 Å². The van der Waals surface area contributed by atoms with Crippen LogP contribution in [0, 0.1) is 5.82 Å². The lowest BCUT2D eigenvalue weighted by molar-refractivity contribution is -0.136. The molecule has 0 aliphatic carbocycles. The summed E-state index contributed by atoms with van der Waals surface area (Å²) in [5.41, 5.74) is 0.661. The van der Waals surface area contributed by atoms with Gasteiger partial charge in [0.05, 0.1) is 12.7 Å². The minimum atomic E-state index is -3.30. The maximum Gasteiger partial charge on any atom is 0.324 e. The molecule has 2 saturated heterocycles. The number of rotatable bonds is 6. The fourth-order valence-corrected chi connectivity index (χ4v) is 4.26. The number of amides is 4. The van der Waals surface area contributed by atoms with Gasteiger partial charge in [-0.25, -0.2) is 17.6 Å². The van der Waals surface area contributed by atoms with E-state index in [0.29, 0.717) is 12.0 Å². The molecule has 2 aliphatic heterocycles. The van der Waals surface area contributed by atoms with Gasteiger partial charge < -0.3 is 10.2 Å². The number of benzene rings is 1. The van der Waals surface area contributed by atoms with E-state index in [9.17, 15) is 27.2 Å². The van der Waals surface area contributed by atoms with Gasteiger partial charge >= 0.3 is 6.03 Å². The molecule has 3 rings (SSSR count). The molecular weight excluding hydrogens is 403 g/mol. The number of urea groups is 1. The van der Waals surface area contributed by atoms with Crippen LogP contribution in [0.5, 0.6) is 0 Å². The summed E-state index contributed by atoms with van der Waals surface area (Å²) in [5, 5.41) is 2.51. The third kappa shape index (κ3) is 5.10. The molecule has 0 aromatic heterocycles. The van der Waals surface area contributed by atoms with E-state index in [4.69, 9.17) is 0 Å². The summed E-state index contributed by atoms with van der Waals surface area (Å²) in [4.78, 5) is 39.6. The standard InChI is InChI=1S/C18H23FN4O5S/c1-29(27,28)22-9-7-21(8-10-22)16(24)12-15-17(25)23(18(26)20-15)6-5-13-3-2-4-14(19)11-13/h2-4,11,15H,5-10,12H2,1H3,(H,20,26). The molecule has 0 saturated carbocycles. The molecule has 1 aromatic carbocycles. The Labute approximate surface area is 168 Å². The number of carbonyl (C=O) groups excluding carboxylic acids is 3. The highest BCUT2D eigenvalue weighted by Crippen LogP contribution is 2.14. The predicted octanol–water partition coefficient (Wildman–Crippen LogP) is -0.217. The highest BCUT2D eigenvalue weighted by atomic mass is 32.2. The van der Waals surface area contributed by atoms with Crippen LogP contribution in [0.3, 0.4) is 0 Å². The minimum absolute atomic E-state index is 0.0891. The van der Waals surface area contributed by atoms with Crippen molar-refractivity contribution in [2.75, 3.05) is 39.0 Å². The van der Waals surface area contributed by atoms with E-state index in [1.165, 1.54) is 21.3 Å². The Morgan fingerprint density at radius 1 is 1.21 bits per heavy atom. The summed E-state index contributed by atoms with van der Waals surface area (Å²) in [5.74, 6) is -1.20. The summed E-state index contributed by atoms with van der Waals surface area (Å²) in [6.07, 6.45) is 1.25. The van der Waals surface area contributed by atoms with Crippen LogP contribution in [0.2, 0.25) is 0 Å². The number of carbonyl (C=O) groups is 3. The molecule has 11 heteroatoms. The third-order valence-electron chi connectivity index (χ3n) is 5.06. The zero-order valence-electron chi connectivity index (χ0n) is 16.0. The topological polar surface area (TPSA) is 107 Å². The van der Waals surface area contributed by atoms with E-state index in [0.717, 1.165) is 11.2 Å². The van der Waals surface area contributed by atoms with E-state index in [1.54, 1.807) is 12.1 Å². The van der Waals surface area contributed by atoms with Gasteiger partial charge in [-0.3, -0.25) is 14.5 Å². The van der Waals surface area contributed by atoms with Gasteiger partial charge in [-0.1, -0.05) is 12.1 Å². The lowest BCUT2D eigenvalue weighted by atomic mass is 10.1. The summed E-state index contributed by atoms with van der Waals surface area (Å²) in [7, 11) is -3.30. The van der Waals surface area contributed by atoms with Crippen molar-refractivity contribution in [3.8, 4) is 0 Å². The first-order valence-corrected chi connectivity index (χ1v) is 11.1. The van der Waals surface area contributed by atoms with E-state index >= 15 is 0 Å². The SMILES string of the molecule is CS(=O)(=O)N1CCN(C(=O)CC2NC(=O)N(CCc3cccc(F)c3)C2=O)CC1. The Kier molecular flexibility index (Phi) is 6.18. The molecule has 0 spiro atoms. The number of imide groups is 1. The van der Waals surface area contributed by atoms with E-state index < -0.39 is 28.0 Å². The number of sulfonamides is 1. The number of halogens is 1. The van der Waals surface area contributed by atoms with E-state index in [1.807, 2.05) is 0 Å². The smallest absolute Gasteiger partial charge is 0.324 e. The highest BCUT2D eigenvalue weighted by Gasteiger charge is 2.39. The van der Waals surface area contributed by atoms with Crippen molar-refractivity contribution in [1.82, 2.24) is 19.4 Å². The van der Waals surface area contributed by atoms with Crippen molar-refractivity contribution in [3.63, 3.8) is 0 Å². The summed E-state index contributed by atoms with van der Waals surface area (Å²) in [6.45, 7) is 0.977. The normalized spacial score (nSPS) is 20.8. The first-order valence-electron chi connectivity index (χ1n) is 9.24. The van der Waals surface area contributed by atoms with Crippen LogP contribution in [-0.2, 0) is 26.0 Å². The molecule has 1 N–H and O–H groups in total. The second-order valence-electron chi connectivity index (χ2n) is 7.12. The second-order valence-corrected chi connectivity index (χ2v) is 9.10. The molecule has 2 heterocycles. The molecule has 2 aliphatic rings. The number of nitrogens with one attached hydrogen (secondary N) is 1. The first kappa shape index (κ1) is 21.2. The van der Waals surface area contributed by atoms with Crippen LogP contribution in [-0.4, -0.2) is 85.4 Å². The molecule has 158 valence electrons. The largest absolute Gasteiger partial charge is 0.340 e. The highest BCUT2D eigenvalue weighted by molar-refractivity contribution is 7.88. The summed E-state index contributed by atoms with van der Waals surface area (Å²) < 4.78 is 37.6. The van der Waals surface area contributed by atoms with E-state index in [-0.39, 0.29) is 50.9 Å². The van der Waals surface area contributed by atoms with Gasteiger partial charge in [-0.05, 0) is 24.1 Å². The lowest BCUT2D eigenvalue weighted by Crippen LogP contribution is -2.51. The van der Waals surface area contributed by atoms with Crippen molar-refractivity contribution in [1.29, 1.82) is 0 Å². The molecule has 1 atom stereocenters. The maximum absolute atomic E-state index is 13.3. The first-order chi connectivity index (χ1) is 13.6. The number of piperazine rings is 1. The van der Waals surface area contributed by atoms with Gasteiger partial charge in [0.15, 0.2) is 0 Å². The number of hydrogen-bond acceptors (Lipinski definition) is 5.